The van der Waals surface area contributed by atoms with Gasteiger partial charge in [-0.3, -0.25) is 0 Å². The highest BCUT2D eigenvalue weighted by Crippen LogP contribution is 2.23. The summed E-state index contributed by atoms with van der Waals surface area (Å²) < 4.78 is 5.25. The van der Waals surface area contributed by atoms with Crippen molar-refractivity contribution in [2.45, 2.75) is 6.92 Å². The molecule has 2 aromatic rings. The van der Waals surface area contributed by atoms with Crippen LogP contribution in [0.25, 0.3) is 17.2 Å². The van der Waals surface area contributed by atoms with Crippen molar-refractivity contribution >= 4 is 12.0 Å². The summed E-state index contributed by atoms with van der Waals surface area (Å²) in [6.07, 6.45) is 4.10. The van der Waals surface area contributed by atoms with E-state index >= 15 is 0 Å². The zero-order chi connectivity index (χ0) is 12.3. The first-order valence-electron chi connectivity index (χ1n) is 5.22. The normalized spacial score (nSPS) is 10.9. The molecule has 0 aliphatic carbocycles. The maximum atomic E-state index is 10.4. The fourth-order valence-corrected chi connectivity index (χ4v) is 1.49. The predicted octanol–water partition coefficient (Wildman–Crippen LogP) is 3.35. The molecule has 17 heavy (non-hydrogen) atoms. The summed E-state index contributed by atoms with van der Waals surface area (Å²) in [5.74, 6) is -0.457. The Labute approximate surface area is 99.0 Å². The monoisotopic (exact) mass is 228 g/mol. The predicted molar refractivity (Wildman–Crippen MR) is 65.6 cm³/mol. The summed E-state index contributed by atoms with van der Waals surface area (Å²) in [5.41, 5.74) is 3.19. The van der Waals surface area contributed by atoms with E-state index in [9.17, 15) is 4.79 Å². The van der Waals surface area contributed by atoms with Gasteiger partial charge in [0.1, 0.15) is 5.76 Å². The van der Waals surface area contributed by atoms with Gasteiger partial charge >= 0.3 is 5.97 Å². The number of hydrogen-bond acceptors (Lipinski definition) is 2. The summed E-state index contributed by atoms with van der Waals surface area (Å²) in [4.78, 5) is 10.4. The van der Waals surface area contributed by atoms with Gasteiger partial charge in [0.2, 0.25) is 0 Å². The molecule has 0 amide bonds. The summed E-state index contributed by atoms with van der Waals surface area (Å²) in [5, 5.41) is 8.50. The molecule has 0 radical (unpaired) electrons. The van der Waals surface area contributed by atoms with Gasteiger partial charge in [-0.25, -0.2) is 4.79 Å². The van der Waals surface area contributed by atoms with E-state index in [1.807, 2.05) is 37.3 Å². The minimum atomic E-state index is -0.988. The van der Waals surface area contributed by atoms with Crippen molar-refractivity contribution in [1.82, 2.24) is 0 Å². The van der Waals surface area contributed by atoms with Gasteiger partial charge in [-0.2, -0.15) is 0 Å². The van der Waals surface area contributed by atoms with Crippen molar-refractivity contribution in [1.29, 1.82) is 0 Å². The van der Waals surface area contributed by atoms with Crippen LogP contribution in [0.1, 0.15) is 11.3 Å². The van der Waals surface area contributed by atoms with Gasteiger partial charge in [-0.1, -0.05) is 29.8 Å². The number of rotatable bonds is 3. The lowest BCUT2D eigenvalue weighted by molar-refractivity contribution is -0.131. The molecule has 3 nitrogen and oxygen atoms in total. The Morgan fingerprint density at radius 3 is 2.59 bits per heavy atom. The number of aliphatic carboxylic acids is 1. The van der Waals surface area contributed by atoms with E-state index < -0.39 is 5.97 Å². The molecule has 0 unspecified atom stereocenters. The molecule has 86 valence electrons. The van der Waals surface area contributed by atoms with Gasteiger partial charge in [0.25, 0.3) is 0 Å². The Balaban J connectivity index is 2.23. The standard InChI is InChI=1S/C14H12O3/c1-10-2-4-11(5-3-10)12-8-13(17-9-12)6-7-14(15)16/h2-9H,1H3,(H,15,16)/b7-6+. The van der Waals surface area contributed by atoms with Crippen molar-refractivity contribution in [3.05, 3.63) is 54.0 Å². The molecule has 1 aromatic carbocycles. The third-order valence-corrected chi connectivity index (χ3v) is 2.39. The fraction of sp³-hybridized carbons (Fsp3) is 0.0714. The van der Waals surface area contributed by atoms with Crippen molar-refractivity contribution in [3.8, 4) is 11.1 Å². The molecule has 1 heterocycles. The third kappa shape index (κ3) is 2.84. The highest BCUT2D eigenvalue weighted by molar-refractivity contribution is 5.85. The minimum Gasteiger partial charge on any atom is -0.478 e. The van der Waals surface area contributed by atoms with Gasteiger partial charge in [-0.15, -0.1) is 0 Å². The maximum absolute atomic E-state index is 10.4. The van der Waals surface area contributed by atoms with E-state index in [1.165, 1.54) is 11.6 Å². The van der Waals surface area contributed by atoms with Gasteiger partial charge in [0.05, 0.1) is 6.26 Å². The molecule has 1 N–H and O–H groups in total. The zero-order valence-corrected chi connectivity index (χ0v) is 9.38. The Kier molecular flexibility index (Phi) is 3.10. The minimum absolute atomic E-state index is 0.531. The van der Waals surface area contributed by atoms with Gasteiger partial charge in [0.15, 0.2) is 0 Å². The first kappa shape index (κ1) is 11.2. The molecule has 0 fully saturated rings. The lowest BCUT2D eigenvalue weighted by Crippen LogP contribution is -1.84. The van der Waals surface area contributed by atoms with E-state index in [0.29, 0.717) is 5.76 Å². The van der Waals surface area contributed by atoms with Crippen LogP contribution in [0.15, 0.2) is 47.1 Å². The average molecular weight is 228 g/mol. The zero-order valence-electron chi connectivity index (χ0n) is 9.38. The summed E-state index contributed by atoms with van der Waals surface area (Å²) in [6.45, 7) is 2.03. The van der Waals surface area contributed by atoms with Crippen LogP contribution in [-0.4, -0.2) is 11.1 Å². The molecular formula is C14H12O3. The fourth-order valence-electron chi connectivity index (χ4n) is 1.49. The SMILES string of the molecule is Cc1ccc(-c2coc(/C=C/C(=O)O)c2)cc1. The second kappa shape index (κ2) is 4.70. The number of benzene rings is 1. The smallest absolute Gasteiger partial charge is 0.328 e. The second-order valence-electron chi connectivity index (χ2n) is 3.78. The maximum Gasteiger partial charge on any atom is 0.328 e. The first-order valence-corrected chi connectivity index (χ1v) is 5.22. The second-order valence-corrected chi connectivity index (χ2v) is 3.78. The molecule has 0 bridgehead atoms. The molecule has 0 aliphatic rings. The molecule has 0 aliphatic heterocycles. The van der Waals surface area contributed by atoms with Crippen LogP contribution in [-0.2, 0) is 4.79 Å². The summed E-state index contributed by atoms with van der Waals surface area (Å²) in [6, 6.07) is 9.87. The molecule has 0 saturated carbocycles. The molecule has 0 atom stereocenters. The summed E-state index contributed by atoms with van der Waals surface area (Å²) in [7, 11) is 0. The number of aryl methyl sites for hydroxylation is 1. The Bertz CT molecular complexity index is 547. The quantitative estimate of drug-likeness (QED) is 0.819. The van der Waals surface area contributed by atoms with Crippen molar-refractivity contribution in [2.75, 3.05) is 0 Å². The number of carbonyl (C=O) groups is 1. The van der Waals surface area contributed by atoms with Crippen LogP contribution in [0.5, 0.6) is 0 Å². The van der Waals surface area contributed by atoms with E-state index in [4.69, 9.17) is 9.52 Å². The number of furan rings is 1. The molecule has 2 rings (SSSR count). The lowest BCUT2D eigenvalue weighted by atomic mass is 10.1. The molecular weight excluding hydrogens is 216 g/mol. The van der Waals surface area contributed by atoms with Crippen LogP contribution >= 0.6 is 0 Å². The van der Waals surface area contributed by atoms with E-state index in [2.05, 4.69) is 0 Å². The number of carboxylic acid groups (broad SMARTS) is 1. The Hall–Kier alpha value is -2.29. The van der Waals surface area contributed by atoms with Crippen LogP contribution in [0.3, 0.4) is 0 Å². The Morgan fingerprint density at radius 1 is 1.24 bits per heavy atom. The molecule has 3 heteroatoms. The van der Waals surface area contributed by atoms with Crippen LogP contribution in [0.4, 0.5) is 0 Å². The Morgan fingerprint density at radius 2 is 1.94 bits per heavy atom. The van der Waals surface area contributed by atoms with Crippen LogP contribution < -0.4 is 0 Å². The topological polar surface area (TPSA) is 50.4 Å². The highest BCUT2D eigenvalue weighted by atomic mass is 16.4. The van der Waals surface area contributed by atoms with Crippen LogP contribution in [0, 0.1) is 6.92 Å². The van der Waals surface area contributed by atoms with E-state index in [-0.39, 0.29) is 0 Å². The number of carboxylic acids is 1. The molecule has 0 spiro atoms. The van der Waals surface area contributed by atoms with Gasteiger partial charge in [0, 0.05) is 11.6 Å². The lowest BCUT2D eigenvalue weighted by Gasteiger charge is -1.96. The van der Waals surface area contributed by atoms with Crippen LogP contribution in [0.2, 0.25) is 0 Å². The molecule has 0 saturated heterocycles. The number of hydrogen-bond donors (Lipinski definition) is 1. The van der Waals surface area contributed by atoms with Gasteiger partial charge < -0.3 is 9.52 Å². The van der Waals surface area contributed by atoms with Crippen molar-refractivity contribution in [2.24, 2.45) is 0 Å². The average Bonchev–Trinajstić information content (AvgIpc) is 2.76. The van der Waals surface area contributed by atoms with E-state index in [0.717, 1.165) is 17.2 Å². The first-order chi connectivity index (χ1) is 8.15. The van der Waals surface area contributed by atoms with Crippen molar-refractivity contribution < 1.29 is 14.3 Å². The third-order valence-electron chi connectivity index (χ3n) is 2.39. The molecule has 1 aromatic heterocycles. The van der Waals surface area contributed by atoms with Crippen molar-refractivity contribution in [3.63, 3.8) is 0 Å². The summed E-state index contributed by atoms with van der Waals surface area (Å²) >= 11 is 0. The largest absolute Gasteiger partial charge is 0.478 e. The van der Waals surface area contributed by atoms with E-state index in [1.54, 1.807) is 6.26 Å². The van der Waals surface area contributed by atoms with Gasteiger partial charge in [-0.05, 0) is 24.6 Å². The highest BCUT2D eigenvalue weighted by Gasteiger charge is 2.02.